The first-order valence-corrected chi connectivity index (χ1v) is 11.7. The minimum absolute atomic E-state index is 0.0840. The lowest BCUT2D eigenvalue weighted by molar-refractivity contribution is -0.145. The van der Waals surface area contributed by atoms with Crippen molar-refractivity contribution in [2.45, 2.75) is 19.8 Å². The number of ether oxygens (including phenoxy) is 1. The monoisotopic (exact) mass is 509 g/mol. The van der Waals surface area contributed by atoms with Gasteiger partial charge in [0.2, 0.25) is 0 Å². The molecule has 0 spiro atoms. The van der Waals surface area contributed by atoms with Gasteiger partial charge in [-0.15, -0.1) is 0 Å². The number of para-hydroxylation sites is 1. The van der Waals surface area contributed by atoms with Gasteiger partial charge in [-0.05, 0) is 52.9 Å². The Labute approximate surface area is 213 Å². The number of hydrogen-bond acceptors (Lipinski definition) is 3. The summed E-state index contributed by atoms with van der Waals surface area (Å²) in [6, 6.07) is 21.7. The highest BCUT2D eigenvalue weighted by Crippen LogP contribution is 2.75. The first kappa shape index (κ1) is 24.8. The Hall–Kier alpha value is -3.33. The SMILES string of the molecule is CC1(C)[C@H](/C=C(/Cl)c2ccc(Cl)cc2)[C@@]1(C(=O)O)[C@H](C#N)c1ccc(F)c(Oc2ccccc2)c1. The molecular formula is C28H22Cl2FNO3. The smallest absolute Gasteiger partial charge is 0.312 e. The molecule has 178 valence electrons. The number of allylic oxidation sites excluding steroid dienone is 1. The number of hydrogen-bond donors (Lipinski definition) is 1. The second-order valence-electron chi connectivity index (χ2n) is 9.06. The summed E-state index contributed by atoms with van der Waals surface area (Å²) in [5.41, 5.74) is -1.24. The van der Waals surface area contributed by atoms with Gasteiger partial charge in [-0.1, -0.05) is 79.5 Å². The van der Waals surface area contributed by atoms with Crippen LogP contribution in [-0.4, -0.2) is 11.1 Å². The molecule has 0 radical (unpaired) electrons. The summed E-state index contributed by atoms with van der Waals surface area (Å²) in [4.78, 5) is 12.7. The fourth-order valence-electron chi connectivity index (χ4n) is 4.95. The van der Waals surface area contributed by atoms with Gasteiger partial charge in [0.1, 0.15) is 11.2 Å². The van der Waals surface area contributed by atoms with Gasteiger partial charge in [-0.2, -0.15) is 5.26 Å². The molecule has 1 N–H and O–H groups in total. The van der Waals surface area contributed by atoms with Gasteiger partial charge < -0.3 is 9.84 Å². The third kappa shape index (κ3) is 4.29. The second kappa shape index (κ2) is 9.37. The van der Waals surface area contributed by atoms with Crippen LogP contribution in [0.25, 0.3) is 5.03 Å². The van der Waals surface area contributed by atoms with E-state index in [1.807, 2.05) is 0 Å². The van der Waals surface area contributed by atoms with Crippen LogP contribution in [0.3, 0.4) is 0 Å². The fourth-order valence-corrected chi connectivity index (χ4v) is 5.32. The van der Waals surface area contributed by atoms with Gasteiger partial charge >= 0.3 is 5.97 Å². The molecule has 1 aliphatic rings. The van der Waals surface area contributed by atoms with E-state index in [1.54, 1.807) is 74.5 Å². The van der Waals surface area contributed by atoms with Crippen molar-refractivity contribution in [3.05, 3.63) is 101 Å². The van der Waals surface area contributed by atoms with E-state index in [4.69, 9.17) is 27.9 Å². The average Bonchev–Trinajstić information content (AvgIpc) is 3.32. The first-order chi connectivity index (χ1) is 16.6. The van der Waals surface area contributed by atoms with Crippen LogP contribution in [0, 0.1) is 33.9 Å². The number of nitrogens with zero attached hydrogens (tertiary/aromatic N) is 1. The maximum Gasteiger partial charge on any atom is 0.312 e. The largest absolute Gasteiger partial charge is 0.481 e. The zero-order valence-electron chi connectivity index (χ0n) is 19.0. The van der Waals surface area contributed by atoms with Crippen LogP contribution in [0.2, 0.25) is 5.02 Å². The summed E-state index contributed by atoms with van der Waals surface area (Å²) in [6.45, 7) is 3.59. The molecule has 1 fully saturated rings. The lowest BCUT2D eigenvalue weighted by atomic mass is 9.78. The highest BCUT2D eigenvalue weighted by atomic mass is 35.5. The Morgan fingerprint density at radius 3 is 2.40 bits per heavy atom. The summed E-state index contributed by atoms with van der Waals surface area (Å²) >= 11 is 12.5. The molecule has 0 unspecified atom stereocenters. The molecule has 0 heterocycles. The number of carboxylic acids is 1. The molecule has 3 atom stereocenters. The Morgan fingerprint density at radius 1 is 1.14 bits per heavy atom. The first-order valence-electron chi connectivity index (χ1n) is 10.9. The van der Waals surface area contributed by atoms with E-state index in [0.29, 0.717) is 26.9 Å². The predicted molar refractivity (Wildman–Crippen MR) is 134 cm³/mol. The minimum atomic E-state index is -1.48. The van der Waals surface area contributed by atoms with Crippen LogP contribution in [-0.2, 0) is 4.79 Å². The van der Waals surface area contributed by atoms with E-state index < -0.39 is 34.5 Å². The zero-order valence-corrected chi connectivity index (χ0v) is 20.5. The molecule has 35 heavy (non-hydrogen) atoms. The summed E-state index contributed by atoms with van der Waals surface area (Å²) in [6.07, 6.45) is 1.69. The maximum absolute atomic E-state index is 14.5. The predicted octanol–water partition coefficient (Wildman–Crippen LogP) is 7.89. The van der Waals surface area contributed by atoms with Gasteiger partial charge in [0.25, 0.3) is 0 Å². The quantitative estimate of drug-likeness (QED) is 0.351. The molecule has 0 aliphatic heterocycles. The number of nitriles is 1. The number of carboxylic acid groups (broad SMARTS) is 1. The Kier molecular flexibility index (Phi) is 6.64. The number of carbonyl (C=O) groups is 1. The van der Waals surface area contributed by atoms with Crippen LogP contribution in [0.4, 0.5) is 4.39 Å². The van der Waals surface area contributed by atoms with Gasteiger partial charge in [-0.3, -0.25) is 4.79 Å². The van der Waals surface area contributed by atoms with Crippen molar-refractivity contribution in [3.63, 3.8) is 0 Å². The van der Waals surface area contributed by atoms with Crippen LogP contribution >= 0.6 is 23.2 Å². The zero-order chi connectivity index (χ0) is 25.4. The molecule has 0 amide bonds. The summed E-state index contributed by atoms with van der Waals surface area (Å²) < 4.78 is 20.2. The molecule has 3 aromatic carbocycles. The van der Waals surface area contributed by atoms with Crippen LogP contribution in [0.15, 0.2) is 78.9 Å². The van der Waals surface area contributed by atoms with E-state index in [9.17, 15) is 19.6 Å². The molecule has 1 saturated carbocycles. The molecule has 3 aromatic rings. The van der Waals surface area contributed by atoms with Crippen molar-refractivity contribution in [2.75, 3.05) is 0 Å². The third-order valence-corrected chi connectivity index (χ3v) is 7.48. The molecule has 0 aromatic heterocycles. The molecular weight excluding hydrogens is 488 g/mol. The lowest BCUT2D eigenvalue weighted by Crippen LogP contribution is -2.28. The standard InChI is InChI=1S/C28H22Cl2FNO3/c1-27(2)25(15-22(30)17-8-11-19(29)12-9-17)28(27,26(33)34)21(16-32)18-10-13-23(31)24(14-18)35-20-6-4-3-5-7-20/h3-15,21,25H,1-2H3,(H,33,34)/b22-15+/t21-,25+,28-/m1/s1. The lowest BCUT2D eigenvalue weighted by Gasteiger charge is -2.22. The van der Waals surface area contributed by atoms with E-state index >= 15 is 0 Å². The molecule has 0 bridgehead atoms. The summed E-state index contributed by atoms with van der Waals surface area (Å²) in [5, 5.41) is 21.5. The number of aliphatic carboxylic acids is 1. The van der Waals surface area contributed by atoms with Crippen molar-refractivity contribution >= 4 is 34.2 Å². The van der Waals surface area contributed by atoms with Crippen molar-refractivity contribution in [3.8, 4) is 17.6 Å². The molecule has 1 aliphatic carbocycles. The van der Waals surface area contributed by atoms with Gasteiger partial charge in [-0.25, -0.2) is 4.39 Å². The Balaban J connectivity index is 1.74. The summed E-state index contributed by atoms with van der Waals surface area (Å²) in [5.74, 6) is -3.03. The second-order valence-corrected chi connectivity index (χ2v) is 9.91. The highest BCUT2D eigenvalue weighted by molar-refractivity contribution is 6.48. The van der Waals surface area contributed by atoms with E-state index in [-0.39, 0.29) is 5.75 Å². The Morgan fingerprint density at radius 2 is 1.80 bits per heavy atom. The van der Waals surface area contributed by atoms with Crippen molar-refractivity contribution in [1.29, 1.82) is 5.26 Å². The average molecular weight is 510 g/mol. The van der Waals surface area contributed by atoms with Gasteiger partial charge in [0, 0.05) is 16.0 Å². The van der Waals surface area contributed by atoms with E-state index in [0.717, 1.165) is 0 Å². The minimum Gasteiger partial charge on any atom is -0.481 e. The fraction of sp³-hybridized carbons (Fsp3) is 0.214. The van der Waals surface area contributed by atoms with E-state index in [2.05, 4.69) is 6.07 Å². The van der Waals surface area contributed by atoms with Crippen molar-refractivity contribution < 1.29 is 19.0 Å². The molecule has 4 nitrogen and oxygen atoms in total. The van der Waals surface area contributed by atoms with E-state index in [1.165, 1.54) is 18.2 Å². The van der Waals surface area contributed by atoms with Crippen LogP contribution in [0.5, 0.6) is 11.5 Å². The number of benzene rings is 3. The van der Waals surface area contributed by atoms with Crippen molar-refractivity contribution in [2.24, 2.45) is 16.7 Å². The summed E-state index contributed by atoms with van der Waals surface area (Å²) in [7, 11) is 0. The molecule has 4 rings (SSSR count). The molecule has 0 saturated heterocycles. The highest BCUT2D eigenvalue weighted by Gasteiger charge is 2.78. The topological polar surface area (TPSA) is 70.3 Å². The third-order valence-electron chi connectivity index (χ3n) is 6.88. The maximum atomic E-state index is 14.5. The Bertz CT molecular complexity index is 1330. The van der Waals surface area contributed by atoms with Gasteiger partial charge in [0.15, 0.2) is 11.6 Å². The number of rotatable bonds is 7. The number of halogens is 3. The van der Waals surface area contributed by atoms with Crippen LogP contribution in [0.1, 0.15) is 30.9 Å². The van der Waals surface area contributed by atoms with Crippen molar-refractivity contribution in [1.82, 2.24) is 0 Å². The normalized spacial score (nSPS) is 21.6. The van der Waals surface area contributed by atoms with Crippen LogP contribution < -0.4 is 4.74 Å². The van der Waals surface area contributed by atoms with Gasteiger partial charge in [0.05, 0.1) is 12.0 Å². The molecule has 7 heteroatoms.